The van der Waals surface area contributed by atoms with Crippen molar-refractivity contribution in [3.8, 4) is 0 Å². The number of cyclic esters (lactones) is 1. The number of esters is 2. The van der Waals surface area contributed by atoms with E-state index in [4.69, 9.17) is 14.2 Å². The fourth-order valence-corrected chi connectivity index (χ4v) is 7.26. The summed E-state index contributed by atoms with van der Waals surface area (Å²) < 4.78 is 17.5. The monoisotopic (exact) mass is 573 g/mol. The zero-order valence-electron chi connectivity index (χ0n) is 23.6. The summed E-state index contributed by atoms with van der Waals surface area (Å²) in [5.74, 6) is -3.61. The number of carbonyl (C=O) groups excluding carboxylic acids is 3. The molecule has 2 aliphatic heterocycles. The third-order valence-corrected chi connectivity index (χ3v) is 9.66. The quantitative estimate of drug-likeness (QED) is 0.286. The predicted molar refractivity (Wildman–Crippen MR) is 148 cm³/mol. The van der Waals surface area contributed by atoms with Crippen LogP contribution in [-0.4, -0.2) is 58.2 Å². The maximum Gasteiger partial charge on any atom is 0.330 e. The number of fused-ring (bicyclic) bond motifs is 3. The number of Topliss-reactive ketones (excluding diaryl/α,β-unsaturated/α-hetero) is 1. The van der Waals surface area contributed by atoms with Crippen molar-refractivity contribution in [1.29, 1.82) is 0 Å². The van der Waals surface area contributed by atoms with Crippen LogP contribution in [0.3, 0.4) is 0 Å². The van der Waals surface area contributed by atoms with Crippen LogP contribution in [0.1, 0.15) is 76.4 Å². The molecule has 0 radical (unpaired) electrons. The molecule has 1 N–H and O–H groups in total. The number of epoxide rings is 1. The van der Waals surface area contributed by atoms with Gasteiger partial charge >= 0.3 is 17.9 Å². The first kappa shape index (κ1) is 30.1. The first-order valence-electron chi connectivity index (χ1n) is 13.9. The SMILES string of the molecule is C=CC(=O)OCC12CCC[C@H]3C[C@@H](C)C(=O)[C@@](C)(CCC(=O)O[C@H](/C(C)=C/c4csc(C)n4)CC1O2)C3C(=O)O. The Morgan fingerprint density at radius 2 is 2.05 bits per heavy atom. The maximum atomic E-state index is 13.4. The number of carboxylic acid groups (broad SMARTS) is 1. The van der Waals surface area contributed by atoms with E-state index in [2.05, 4.69) is 11.6 Å². The lowest BCUT2D eigenvalue weighted by molar-refractivity contribution is -0.164. The van der Waals surface area contributed by atoms with Crippen molar-refractivity contribution in [1.82, 2.24) is 4.98 Å². The van der Waals surface area contributed by atoms with Crippen LogP contribution in [-0.2, 0) is 33.4 Å². The second-order valence-electron chi connectivity index (χ2n) is 11.8. The minimum atomic E-state index is -1.17. The summed E-state index contributed by atoms with van der Waals surface area (Å²) in [5.41, 5.74) is -0.382. The van der Waals surface area contributed by atoms with Gasteiger partial charge in [-0.15, -0.1) is 11.3 Å². The fourth-order valence-electron chi connectivity index (χ4n) is 6.69. The number of ketones is 1. The Labute approximate surface area is 239 Å². The predicted octanol–water partition coefficient (Wildman–Crippen LogP) is 4.92. The number of hydrogen-bond donors (Lipinski definition) is 1. The van der Waals surface area contributed by atoms with E-state index in [0.29, 0.717) is 32.1 Å². The molecule has 3 aliphatic rings. The van der Waals surface area contributed by atoms with Crippen LogP contribution < -0.4 is 0 Å². The molecular weight excluding hydrogens is 534 g/mol. The molecule has 7 atom stereocenters. The lowest BCUT2D eigenvalue weighted by atomic mass is 9.56. The van der Waals surface area contributed by atoms with Gasteiger partial charge in [-0.2, -0.15) is 0 Å². The van der Waals surface area contributed by atoms with Gasteiger partial charge in [-0.25, -0.2) is 9.78 Å². The van der Waals surface area contributed by atoms with Crippen molar-refractivity contribution < 1.29 is 38.5 Å². The van der Waals surface area contributed by atoms with Crippen LogP contribution in [0.2, 0.25) is 0 Å². The van der Waals surface area contributed by atoms with E-state index in [-0.39, 0.29) is 43.2 Å². The lowest BCUT2D eigenvalue weighted by Gasteiger charge is -2.45. The number of aryl methyl sites for hydroxylation is 1. The van der Waals surface area contributed by atoms with Crippen LogP contribution in [0, 0.1) is 30.1 Å². The number of nitrogens with zero attached hydrogens (tertiary/aromatic N) is 1. The molecule has 3 heterocycles. The van der Waals surface area contributed by atoms with Crippen LogP contribution in [0.25, 0.3) is 6.08 Å². The summed E-state index contributed by atoms with van der Waals surface area (Å²) >= 11 is 1.52. The molecule has 0 aromatic carbocycles. The second kappa shape index (κ2) is 11.9. The van der Waals surface area contributed by atoms with Gasteiger partial charge in [-0.05, 0) is 57.1 Å². The highest BCUT2D eigenvalue weighted by atomic mass is 32.1. The Bertz CT molecular complexity index is 1210. The Hall–Kier alpha value is -2.85. The first-order chi connectivity index (χ1) is 18.9. The van der Waals surface area contributed by atoms with Gasteiger partial charge in [0.1, 0.15) is 24.1 Å². The van der Waals surface area contributed by atoms with Crippen LogP contribution in [0.15, 0.2) is 23.6 Å². The third kappa shape index (κ3) is 6.38. The van der Waals surface area contributed by atoms with Gasteiger partial charge in [0.25, 0.3) is 0 Å². The van der Waals surface area contributed by atoms with Crippen molar-refractivity contribution in [3.63, 3.8) is 0 Å². The molecule has 2 bridgehead atoms. The standard InChI is InChI=1S/C30H39NO8S/c1-6-24(32)37-16-30-10-7-8-20-12-18(3)27(34)29(5,26(20)28(35)36)11-9-25(33)38-22(14-23(30)39-30)17(2)13-21-15-40-19(4)31-21/h6,13,15,18,20,22-23,26H,1,7-12,14,16H2,2-5H3,(H,35,36)/b17-13+/t18-,20+,22+,23?,26?,29+,30?/m1/s1. The summed E-state index contributed by atoms with van der Waals surface area (Å²) in [6.45, 7) is 10.8. The lowest BCUT2D eigenvalue weighted by Crippen LogP contribution is -2.51. The maximum absolute atomic E-state index is 13.4. The molecule has 3 unspecified atom stereocenters. The zero-order valence-corrected chi connectivity index (χ0v) is 24.5. The number of rotatable bonds is 6. The molecule has 1 aromatic rings. The molecule has 4 rings (SSSR count). The molecule has 1 saturated carbocycles. The van der Waals surface area contributed by atoms with Crippen molar-refractivity contribution >= 4 is 41.1 Å². The van der Waals surface area contributed by atoms with Gasteiger partial charge in [0.2, 0.25) is 0 Å². The summed E-state index contributed by atoms with van der Waals surface area (Å²) in [6.07, 6.45) is 4.71. The van der Waals surface area contributed by atoms with Gasteiger partial charge in [0.05, 0.1) is 22.7 Å². The number of aliphatic carboxylic acids is 1. The molecule has 2 saturated heterocycles. The molecule has 3 fully saturated rings. The molecule has 0 amide bonds. The zero-order chi connectivity index (χ0) is 29.2. The average molecular weight is 574 g/mol. The van der Waals surface area contributed by atoms with Crippen LogP contribution in [0.4, 0.5) is 0 Å². The molecule has 9 nitrogen and oxygen atoms in total. The number of carboxylic acids is 1. The molecule has 1 aromatic heterocycles. The van der Waals surface area contributed by atoms with E-state index in [1.807, 2.05) is 32.2 Å². The second-order valence-corrected chi connectivity index (χ2v) is 12.8. The summed E-state index contributed by atoms with van der Waals surface area (Å²) in [5, 5.41) is 13.1. The Balaban J connectivity index is 1.66. The van der Waals surface area contributed by atoms with Crippen molar-refractivity contribution in [2.45, 2.75) is 90.4 Å². The van der Waals surface area contributed by atoms with E-state index in [0.717, 1.165) is 22.4 Å². The van der Waals surface area contributed by atoms with Crippen LogP contribution in [0.5, 0.6) is 0 Å². The normalized spacial score (nSPS) is 35.1. The number of hydrogen-bond acceptors (Lipinski definition) is 9. The number of aromatic nitrogens is 1. The third-order valence-electron chi connectivity index (χ3n) is 8.87. The van der Waals surface area contributed by atoms with Gasteiger partial charge < -0.3 is 19.3 Å². The van der Waals surface area contributed by atoms with E-state index in [1.54, 1.807) is 6.92 Å². The number of carbonyl (C=O) groups is 4. The minimum absolute atomic E-state index is 0.0247. The first-order valence-corrected chi connectivity index (χ1v) is 14.8. The molecular formula is C30H39NO8S. The highest BCUT2D eigenvalue weighted by molar-refractivity contribution is 7.09. The summed E-state index contributed by atoms with van der Waals surface area (Å²) in [6, 6.07) is 0. The number of thiazole rings is 1. The van der Waals surface area contributed by atoms with Crippen molar-refractivity contribution in [3.05, 3.63) is 34.3 Å². The van der Waals surface area contributed by atoms with E-state index < -0.39 is 40.9 Å². The van der Waals surface area contributed by atoms with E-state index in [9.17, 15) is 24.3 Å². The molecule has 10 heteroatoms. The van der Waals surface area contributed by atoms with Crippen molar-refractivity contribution in [2.75, 3.05) is 6.61 Å². The Morgan fingerprint density at radius 1 is 1.30 bits per heavy atom. The summed E-state index contributed by atoms with van der Waals surface area (Å²) in [7, 11) is 0. The largest absolute Gasteiger partial charge is 0.481 e. The average Bonchev–Trinajstić information content (AvgIpc) is 3.41. The number of ether oxygens (including phenoxy) is 3. The molecule has 218 valence electrons. The fraction of sp³-hybridized carbons (Fsp3) is 0.633. The summed E-state index contributed by atoms with van der Waals surface area (Å²) in [4.78, 5) is 55.5. The molecule has 1 aliphatic carbocycles. The van der Waals surface area contributed by atoms with Gasteiger partial charge in [-0.3, -0.25) is 14.4 Å². The molecule has 40 heavy (non-hydrogen) atoms. The Morgan fingerprint density at radius 3 is 2.70 bits per heavy atom. The van der Waals surface area contributed by atoms with Gasteiger partial charge in [-0.1, -0.05) is 26.8 Å². The van der Waals surface area contributed by atoms with E-state index >= 15 is 0 Å². The van der Waals surface area contributed by atoms with Gasteiger partial charge in [0, 0.05) is 35.6 Å². The smallest absolute Gasteiger partial charge is 0.330 e. The van der Waals surface area contributed by atoms with Gasteiger partial charge in [0.15, 0.2) is 0 Å². The van der Waals surface area contributed by atoms with E-state index in [1.165, 1.54) is 11.3 Å². The highest BCUT2D eigenvalue weighted by Crippen LogP contribution is 2.51. The highest BCUT2D eigenvalue weighted by Gasteiger charge is 2.59. The van der Waals surface area contributed by atoms with Crippen LogP contribution >= 0.6 is 11.3 Å². The van der Waals surface area contributed by atoms with Crippen molar-refractivity contribution in [2.24, 2.45) is 23.2 Å². The topological polar surface area (TPSA) is 132 Å². The molecule has 0 spiro atoms. The minimum Gasteiger partial charge on any atom is -0.481 e. The Kier molecular flexibility index (Phi) is 8.99.